The van der Waals surface area contributed by atoms with Crippen LogP contribution >= 0.6 is 0 Å². The minimum Gasteiger partial charge on any atom is -0.361 e. The smallest absolute Gasteiger partial charge is 0.254 e. The molecule has 1 atom stereocenters. The Bertz CT molecular complexity index is 575. The maximum absolute atomic E-state index is 12.5. The minimum atomic E-state index is 0.132. The molecule has 3 rings (SSSR count). The molecule has 0 bridgehead atoms. The molecular formula is C14H17N3O. The number of carbonyl (C=O) groups excluding carboxylic acids is 1. The summed E-state index contributed by atoms with van der Waals surface area (Å²) in [5.74, 6) is 0.132. The summed E-state index contributed by atoms with van der Waals surface area (Å²) in [5.41, 5.74) is 1.84. The van der Waals surface area contributed by atoms with E-state index < -0.39 is 0 Å². The molecule has 4 nitrogen and oxygen atoms in total. The van der Waals surface area contributed by atoms with E-state index >= 15 is 0 Å². The summed E-state index contributed by atoms with van der Waals surface area (Å²) in [5, 5.41) is 4.38. The number of benzene rings is 1. The maximum Gasteiger partial charge on any atom is 0.254 e. The molecule has 94 valence electrons. The Morgan fingerprint density at radius 2 is 2.28 bits per heavy atom. The Kier molecular flexibility index (Phi) is 2.80. The number of nitrogens with one attached hydrogen (secondary N) is 2. The van der Waals surface area contributed by atoms with Crippen molar-refractivity contribution in [3.63, 3.8) is 0 Å². The lowest BCUT2D eigenvalue weighted by Crippen LogP contribution is -2.52. The van der Waals surface area contributed by atoms with Crippen molar-refractivity contribution in [1.29, 1.82) is 0 Å². The highest BCUT2D eigenvalue weighted by Gasteiger charge is 2.23. The Labute approximate surface area is 106 Å². The van der Waals surface area contributed by atoms with E-state index in [1.165, 1.54) is 0 Å². The van der Waals surface area contributed by atoms with Crippen molar-refractivity contribution in [2.45, 2.75) is 13.0 Å². The highest BCUT2D eigenvalue weighted by Crippen LogP contribution is 2.17. The number of hydrogen-bond acceptors (Lipinski definition) is 2. The number of hydrogen-bond donors (Lipinski definition) is 2. The summed E-state index contributed by atoms with van der Waals surface area (Å²) in [6, 6.07) is 8.08. The predicted molar refractivity (Wildman–Crippen MR) is 71.7 cm³/mol. The zero-order valence-electron chi connectivity index (χ0n) is 10.4. The average molecular weight is 243 g/mol. The van der Waals surface area contributed by atoms with Crippen molar-refractivity contribution < 1.29 is 4.79 Å². The van der Waals surface area contributed by atoms with Gasteiger partial charge in [-0.3, -0.25) is 4.79 Å². The van der Waals surface area contributed by atoms with E-state index in [2.05, 4.69) is 17.2 Å². The standard InChI is InChI=1S/C14H17N3O/c1-10-9-15-6-7-17(10)14(18)12-2-3-13-11(8-12)4-5-16-13/h2-5,8,10,15-16H,6-7,9H2,1H3/t10-/m1/s1. The fraction of sp³-hybridized carbons (Fsp3) is 0.357. The molecule has 0 saturated carbocycles. The molecule has 1 aromatic heterocycles. The molecule has 1 fully saturated rings. The van der Waals surface area contributed by atoms with Crippen LogP contribution in [-0.4, -0.2) is 41.5 Å². The number of fused-ring (bicyclic) bond motifs is 1. The lowest BCUT2D eigenvalue weighted by molar-refractivity contribution is 0.0656. The Hall–Kier alpha value is -1.81. The highest BCUT2D eigenvalue weighted by molar-refractivity contribution is 5.98. The molecule has 2 heterocycles. The predicted octanol–water partition coefficient (Wildman–Crippen LogP) is 1.60. The van der Waals surface area contributed by atoms with Gasteiger partial charge in [-0.2, -0.15) is 0 Å². The zero-order valence-corrected chi connectivity index (χ0v) is 10.4. The number of aromatic nitrogens is 1. The summed E-state index contributed by atoms with van der Waals surface area (Å²) in [6.45, 7) is 4.62. The van der Waals surface area contributed by atoms with E-state index in [1.807, 2.05) is 35.4 Å². The molecule has 1 saturated heterocycles. The molecule has 4 heteroatoms. The number of aromatic amines is 1. The Morgan fingerprint density at radius 1 is 1.39 bits per heavy atom. The third-order valence-corrected chi connectivity index (χ3v) is 3.56. The van der Waals surface area contributed by atoms with Gasteiger partial charge in [0.15, 0.2) is 0 Å². The zero-order chi connectivity index (χ0) is 12.5. The van der Waals surface area contributed by atoms with Gasteiger partial charge in [-0.25, -0.2) is 0 Å². The van der Waals surface area contributed by atoms with Crippen molar-refractivity contribution >= 4 is 16.8 Å². The monoisotopic (exact) mass is 243 g/mol. The number of piperazine rings is 1. The van der Waals surface area contributed by atoms with Crippen molar-refractivity contribution in [3.8, 4) is 0 Å². The largest absolute Gasteiger partial charge is 0.361 e. The van der Waals surface area contributed by atoms with Crippen LogP contribution in [0.2, 0.25) is 0 Å². The molecule has 0 radical (unpaired) electrons. The van der Waals surface area contributed by atoms with Crippen LogP contribution in [0.4, 0.5) is 0 Å². The third kappa shape index (κ3) is 1.88. The molecule has 1 aliphatic rings. The fourth-order valence-corrected chi connectivity index (χ4v) is 2.49. The van der Waals surface area contributed by atoms with Crippen LogP contribution in [0.25, 0.3) is 10.9 Å². The molecule has 18 heavy (non-hydrogen) atoms. The van der Waals surface area contributed by atoms with Crippen LogP contribution in [0.1, 0.15) is 17.3 Å². The summed E-state index contributed by atoms with van der Waals surface area (Å²) >= 11 is 0. The summed E-state index contributed by atoms with van der Waals surface area (Å²) < 4.78 is 0. The van der Waals surface area contributed by atoms with E-state index in [4.69, 9.17) is 0 Å². The van der Waals surface area contributed by atoms with Crippen LogP contribution in [0, 0.1) is 0 Å². The summed E-state index contributed by atoms with van der Waals surface area (Å²) in [7, 11) is 0. The summed E-state index contributed by atoms with van der Waals surface area (Å²) in [4.78, 5) is 17.6. The first-order chi connectivity index (χ1) is 8.75. The minimum absolute atomic E-state index is 0.132. The third-order valence-electron chi connectivity index (χ3n) is 3.56. The molecule has 2 N–H and O–H groups in total. The Morgan fingerprint density at radius 3 is 3.11 bits per heavy atom. The van der Waals surface area contributed by atoms with Gasteiger partial charge in [0.25, 0.3) is 5.91 Å². The molecule has 1 amide bonds. The molecule has 0 aliphatic carbocycles. The number of amides is 1. The van der Waals surface area contributed by atoms with E-state index in [1.54, 1.807) is 0 Å². The average Bonchev–Trinajstić information content (AvgIpc) is 2.85. The van der Waals surface area contributed by atoms with Gasteiger partial charge < -0.3 is 15.2 Å². The van der Waals surface area contributed by atoms with Crippen LogP contribution < -0.4 is 5.32 Å². The lowest BCUT2D eigenvalue weighted by atomic mass is 10.1. The molecule has 0 spiro atoms. The van der Waals surface area contributed by atoms with Crippen LogP contribution in [0.5, 0.6) is 0 Å². The van der Waals surface area contributed by atoms with Gasteiger partial charge in [0, 0.05) is 48.3 Å². The Balaban J connectivity index is 1.90. The maximum atomic E-state index is 12.5. The normalized spacial score (nSPS) is 20.3. The molecular weight excluding hydrogens is 226 g/mol. The number of rotatable bonds is 1. The second-order valence-corrected chi connectivity index (χ2v) is 4.83. The van der Waals surface area contributed by atoms with E-state index in [9.17, 15) is 4.79 Å². The second-order valence-electron chi connectivity index (χ2n) is 4.83. The SMILES string of the molecule is C[C@@H]1CNCCN1C(=O)c1ccc2[nH]ccc2c1. The van der Waals surface area contributed by atoms with Crippen molar-refractivity contribution in [2.24, 2.45) is 0 Å². The number of nitrogens with zero attached hydrogens (tertiary/aromatic N) is 1. The van der Waals surface area contributed by atoms with Crippen molar-refractivity contribution in [1.82, 2.24) is 15.2 Å². The van der Waals surface area contributed by atoms with Crippen LogP contribution in [-0.2, 0) is 0 Å². The first-order valence-corrected chi connectivity index (χ1v) is 6.34. The van der Waals surface area contributed by atoms with Crippen LogP contribution in [0.15, 0.2) is 30.5 Å². The van der Waals surface area contributed by atoms with Gasteiger partial charge in [0.2, 0.25) is 0 Å². The topological polar surface area (TPSA) is 48.1 Å². The molecule has 1 aromatic carbocycles. The molecule has 0 unspecified atom stereocenters. The van der Waals surface area contributed by atoms with Gasteiger partial charge >= 0.3 is 0 Å². The van der Waals surface area contributed by atoms with Gasteiger partial charge in [0.1, 0.15) is 0 Å². The highest BCUT2D eigenvalue weighted by atomic mass is 16.2. The van der Waals surface area contributed by atoms with Gasteiger partial charge in [-0.05, 0) is 31.2 Å². The van der Waals surface area contributed by atoms with Crippen LogP contribution in [0.3, 0.4) is 0 Å². The number of H-pyrrole nitrogens is 1. The molecule has 1 aliphatic heterocycles. The van der Waals surface area contributed by atoms with E-state index in [-0.39, 0.29) is 11.9 Å². The fourth-order valence-electron chi connectivity index (χ4n) is 2.49. The summed E-state index contributed by atoms with van der Waals surface area (Å²) in [6.07, 6.45) is 1.90. The van der Waals surface area contributed by atoms with Crippen molar-refractivity contribution in [3.05, 3.63) is 36.0 Å². The first kappa shape index (κ1) is 11.3. The van der Waals surface area contributed by atoms with Gasteiger partial charge in [-0.1, -0.05) is 0 Å². The van der Waals surface area contributed by atoms with Gasteiger partial charge in [0.05, 0.1) is 0 Å². The number of carbonyl (C=O) groups is 1. The molecule has 2 aromatic rings. The van der Waals surface area contributed by atoms with E-state index in [0.29, 0.717) is 0 Å². The van der Waals surface area contributed by atoms with Crippen molar-refractivity contribution in [2.75, 3.05) is 19.6 Å². The second kappa shape index (κ2) is 4.46. The van der Waals surface area contributed by atoms with Gasteiger partial charge in [-0.15, -0.1) is 0 Å². The first-order valence-electron chi connectivity index (χ1n) is 6.34. The lowest BCUT2D eigenvalue weighted by Gasteiger charge is -2.34. The quantitative estimate of drug-likeness (QED) is 0.799. The van der Waals surface area contributed by atoms with E-state index in [0.717, 1.165) is 36.1 Å².